The molecule has 5 nitrogen and oxygen atoms in total. The number of aromatic nitrogens is 2. The van der Waals surface area contributed by atoms with Gasteiger partial charge in [0.2, 0.25) is 0 Å². The van der Waals surface area contributed by atoms with Crippen molar-refractivity contribution in [3.8, 4) is 11.8 Å². The zero-order valence-electron chi connectivity index (χ0n) is 9.82. The second-order valence-electron chi connectivity index (χ2n) is 3.47. The highest BCUT2D eigenvalue weighted by Crippen LogP contribution is 2.29. The zero-order chi connectivity index (χ0) is 13.8. The molecule has 0 aliphatic heterocycles. The fourth-order valence-electron chi connectivity index (χ4n) is 1.44. The second-order valence-corrected chi connectivity index (χ2v) is 4.24. The highest BCUT2D eigenvalue weighted by Gasteiger charge is 2.10. The van der Waals surface area contributed by atoms with Gasteiger partial charge in [0.25, 0.3) is 0 Å². The molecule has 0 aliphatic rings. The molecule has 96 valence electrons. The van der Waals surface area contributed by atoms with Gasteiger partial charge in [0, 0.05) is 5.69 Å². The Balaban J connectivity index is 2.34. The van der Waals surface area contributed by atoms with Crippen molar-refractivity contribution < 1.29 is 4.74 Å². The lowest BCUT2D eigenvalue weighted by atomic mass is 10.2. The van der Waals surface area contributed by atoms with Crippen LogP contribution in [0.3, 0.4) is 0 Å². The Morgan fingerprint density at radius 2 is 2.11 bits per heavy atom. The molecule has 2 aromatic rings. The average Bonchev–Trinajstić information content (AvgIpc) is 2.39. The van der Waals surface area contributed by atoms with Crippen molar-refractivity contribution in [1.29, 1.82) is 5.26 Å². The first kappa shape index (κ1) is 13.4. The molecule has 1 N–H and O–H groups in total. The van der Waals surface area contributed by atoms with E-state index in [-0.39, 0.29) is 10.7 Å². The average molecular weight is 295 g/mol. The summed E-state index contributed by atoms with van der Waals surface area (Å²) in [5.74, 6) is 0.886. The van der Waals surface area contributed by atoms with E-state index >= 15 is 0 Å². The Bertz CT molecular complexity index is 655. The summed E-state index contributed by atoms with van der Waals surface area (Å²) in [6.45, 7) is 0. The zero-order valence-corrected chi connectivity index (χ0v) is 11.3. The molecule has 1 aromatic carbocycles. The van der Waals surface area contributed by atoms with Gasteiger partial charge in [0.05, 0.1) is 12.1 Å². The van der Waals surface area contributed by atoms with Crippen LogP contribution in [0, 0.1) is 11.3 Å². The summed E-state index contributed by atoms with van der Waals surface area (Å²) in [5, 5.41) is 12.5. The van der Waals surface area contributed by atoms with Crippen LogP contribution < -0.4 is 10.1 Å². The van der Waals surface area contributed by atoms with Crippen LogP contribution in [0.1, 0.15) is 5.56 Å². The maximum Gasteiger partial charge on any atom is 0.153 e. The standard InChI is InChI=1S/C12H8Cl2N4O/c1-19-10-3-2-7(4-9(10)13)18-12-8(5-15)11(14)16-6-17-12/h2-4,6H,1H3,(H,16,17,18). The largest absolute Gasteiger partial charge is 0.495 e. The maximum absolute atomic E-state index is 9.01. The molecule has 0 aliphatic carbocycles. The number of nitrogens with one attached hydrogen (secondary N) is 1. The van der Waals surface area contributed by atoms with Crippen molar-refractivity contribution in [1.82, 2.24) is 9.97 Å². The Morgan fingerprint density at radius 1 is 1.32 bits per heavy atom. The summed E-state index contributed by atoms with van der Waals surface area (Å²) in [6.07, 6.45) is 1.27. The minimum atomic E-state index is 0.0969. The third kappa shape index (κ3) is 2.87. The van der Waals surface area contributed by atoms with Crippen LogP contribution in [-0.4, -0.2) is 17.1 Å². The molecule has 19 heavy (non-hydrogen) atoms. The molecule has 1 heterocycles. The lowest BCUT2D eigenvalue weighted by Gasteiger charge is -2.09. The molecule has 0 saturated heterocycles. The van der Waals surface area contributed by atoms with Crippen LogP contribution in [0.15, 0.2) is 24.5 Å². The minimum Gasteiger partial charge on any atom is -0.495 e. The number of halogens is 2. The number of ether oxygens (including phenoxy) is 1. The van der Waals surface area contributed by atoms with E-state index in [1.54, 1.807) is 18.2 Å². The van der Waals surface area contributed by atoms with Gasteiger partial charge in [-0.3, -0.25) is 0 Å². The Kier molecular flexibility index (Phi) is 4.05. The predicted octanol–water partition coefficient (Wildman–Crippen LogP) is 3.41. The molecule has 0 unspecified atom stereocenters. The van der Waals surface area contributed by atoms with Crippen LogP contribution in [-0.2, 0) is 0 Å². The molecule has 0 amide bonds. The summed E-state index contributed by atoms with van der Waals surface area (Å²) in [4.78, 5) is 7.72. The topological polar surface area (TPSA) is 70.8 Å². The molecular formula is C12H8Cl2N4O. The van der Waals surface area contributed by atoms with Crippen LogP contribution >= 0.6 is 23.2 Å². The monoisotopic (exact) mass is 294 g/mol. The van der Waals surface area contributed by atoms with Gasteiger partial charge in [-0.25, -0.2) is 9.97 Å². The van der Waals surface area contributed by atoms with Crippen LogP contribution in [0.2, 0.25) is 10.2 Å². The minimum absolute atomic E-state index is 0.0969. The van der Waals surface area contributed by atoms with Crippen molar-refractivity contribution in [3.05, 3.63) is 40.3 Å². The summed E-state index contributed by atoms with van der Waals surface area (Å²) < 4.78 is 5.06. The Labute approximate surface area is 119 Å². The van der Waals surface area contributed by atoms with E-state index in [2.05, 4.69) is 15.3 Å². The second kappa shape index (κ2) is 5.74. The molecule has 2 rings (SSSR count). The van der Waals surface area contributed by atoms with Crippen molar-refractivity contribution in [2.75, 3.05) is 12.4 Å². The van der Waals surface area contributed by atoms with E-state index < -0.39 is 0 Å². The van der Waals surface area contributed by atoms with E-state index in [1.807, 2.05) is 6.07 Å². The number of hydrogen-bond acceptors (Lipinski definition) is 5. The van der Waals surface area contributed by atoms with E-state index in [4.69, 9.17) is 33.2 Å². The molecule has 0 atom stereocenters. The Morgan fingerprint density at radius 3 is 2.74 bits per heavy atom. The highest BCUT2D eigenvalue weighted by atomic mass is 35.5. The summed E-state index contributed by atoms with van der Waals surface area (Å²) >= 11 is 11.8. The number of rotatable bonds is 3. The molecule has 0 radical (unpaired) electrons. The fourth-order valence-corrected chi connectivity index (χ4v) is 1.87. The van der Waals surface area contributed by atoms with Gasteiger partial charge in [-0.2, -0.15) is 5.26 Å². The van der Waals surface area contributed by atoms with Gasteiger partial charge < -0.3 is 10.1 Å². The van der Waals surface area contributed by atoms with Gasteiger partial charge in [-0.05, 0) is 18.2 Å². The van der Waals surface area contributed by atoms with Gasteiger partial charge >= 0.3 is 0 Å². The normalized spacial score (nSPS) is 9.79. The quantitative estimate of drug-likeness (QED) is 0.879. The van der Waals surface area contributed by atoms with Crippen molar-refractivity contribution >= 4 is 34.7 Å². The predicted molar refractivity (Wildman–Crippen MR) is 73.0 cm³/mol. The molecule has 0 saturated carbocycles. The number of anilines is 2. The van der Waals surface area contributed by atoms with Crippen molar-refractivity contribution in [2.24, 2.45) is 0 Å². The van der Waals surface area contributed by atoms with Gasteiger partial charge in [-0.1, -0.05) is 23.2 Å². The molecular weight excluding hydrogens is 287 g/mol. The number of benzene rings is 1. The molecule has 0 spiro atoms. The van der Waals surface area contributed by atoms with E-state index in [0.29, 0.717) is 22.3 Å². The van der Waals surface area contributed by atoms with Crippen LogP contribution in [0.5, 0.6) is 5.75 Å². The first-order valence-electron chi connectivity index (χ1n) is 5.17. The summed E-state index contributed by atoms with van der Waals surface area (Å²) in [7, 11) is 1.53. The number of nitrogens with zero attached hydrogens (tertiary/aromatic N) is 3. The fraction of sp³-hybridized carbons (Fsp3) is 0.0833. The lowest BCUT2D eigenvalue weighted by Crippen LogP contribution is -1.99. The van der Waals surface area contributed by atoms with Crippen LogP contribution in [0.25, 0.3) is 0 Å². The number of nitriles is 1. The van der Waals surface area contributed by atoms with E-state index in [0.717, 1.165) is 0 Å². The van der Waals surface area contributed by atoms with E-state index in [9.17, 15) is 0 Å². The highest BCUT2D eigenvalue weighted by molar-refractivity contribution is 6.32. The smallest absolute Gasteiger partial charge is 0.153 e. The van der Waals surface area contributed by atoms with Gasteiger partial charge in [0.15, 0.2) is 11.0 Å². The maximum atomic E-state index is 9.01. The molecule has 0 bridgehead atoms. The van der Waals surface area contributed by atoms with Crippen molar-refractivity contribution in [2.45, 2.75) is 0 Å². The first-order valence-corrected chi connectivity index (χ1v) is 5.92. The SMILES string of the molecule is COc1ccc(Nc2ncnc(Cl)c2C#N)cc1Cl. The van der Waals surface area contributed by atoms with Crippen LogP contribution in [0.4, 0.5) is 11.5 Å². The van der Waals surface area contributed by atoms with Crippen molar-refractivity contribution in [3.63, 3.8) is 0 Å². The Hall–Kier alpha value is -2.03. The lowest BCUT2D eigenvalue weighted by molar-refractivity contribution is 0.415. The molecule has 0 fully saturated rings. The number of hydrogen-bond donors (Lipinski definition) is 1. The molecule has 1 aromatic heterocycles. The summed E-state index contributed by atoms with van der Waals surface area (Å²) in [6, 6.07) is 7.07. The third-order valence-corrected chi connectivity index (χ3v) is 2.91. The van der Waals surface area contributed by atoms with Gasteiger partial charge in [0.1, 0.15) is 23.7 Å². The van der Waals surface area contributed by atoms with Gasteiger partial charge in [-0.15, -0.1) is 0 Å². The third-order valence-electron chi connectivity index (χ3n) is 2.33. The summed E-state index contributed by atoms with van der Waals surface area (Å²) in [5.41, 5.74) is 0.841. The molecule has 7 heteroatoms. The number of methoxy groups -OCH3 is 1. The first-order chi connectivity index (χ1) is 9.15. The van der Waals surface area contributed by atoms with E-state index in [1.165, 1.54) is 13.4 Å².